The first-order valence-electron chi connectivity index (χ1n) is 7.08. The molecular formula is C16H14ClN5O2. The van der Waals surface area contributed by atoms with Gasteiger partial charge >= 0.3 is 0 Å². The van der Waals surface area contributed by atoms with Crippen molar-refractivity contribution in [1.82, 2.24) is 20.0 Å². The number of carbonyl (C=O) groups is 1. The number of amides is 1. The number of pyridine rings is 1. The van der Waals surface area contributed by atoms with E-state index >= 15 is 0 Å². The molecule has 1 amide bonds. The molecule has 122 valence electrons. The number of nitrogens with one attached hydrogen (secondary N) is 1. The maximum Gasteiger partial charge on any atom is 0.278 e. The van der Waals surface area contributed by atoms with Crippen LogP contribution in [0.25, 0.3) is 5.69 Å². The van der Waals surface area contributed by atoms with Crippen molar-refractivity contribution >= 4 is 23.2 Å². The summed E-state index contributed by atoms with van der Waals surface area (Å²) in [4.78, 5) is 17.8. The maximum absolute atomic E-state index is 12.4. The van der Waals surface area contributed by atoms with E-state index in [1.807, 2.05) is 0 Å². The number of hydrogen-bond acceptors (Lipinski definition) is 5. The summed E-state index contributed by atoms with van der Waals surface area (Å²) in [6.07, 6.45) is 1.51. The topological polar surface area (TPSA) is 81.9 Å². The van der Waals surface area contributed by atoms with Crippen LogP contribution >= 0.6 is 11.6 Å². The van der Waals surface area contributed by atoms with E-state index in [4.69, 9.17) is 16.3 Å². The highest BCUT2D eigenvalue weighted by Crippen LogP contribution is 2.16. The molecule has 0 saturated heterocycles. The van der Waals surface area contributed by atoms with Gasteiger partial charge in [-0.3, -0.25) is 4.79 Å². The molecule has 24 heavy (non-hydrogen) atoms. The Balaban J connectivity index is 1.82. The van der Waals surface area contributed by atoms with Gasteiger partial charge in [0.05, 0.1) is 30.4 Å². The minimum atomic E-state index is -0.368. The fourth-order valence-electron chi connectivity index (χ4n) is 2.07. The number of aromatic nitrogens is 4. The van der Waals surface area contributed by atoms with Crippen LogP contribution in [-0.4, -0.2) is 33.0 Å². The van der Waals surface area contributed by atoms with E-state index in [1.54, 1.807) is 43.3 Å². The molecule has 1 aromatic carbocycles. The minimum absolute atomic E-state index is 0.228. The number of aryl methyl sites for hydroxylation is 1. The summed E-state index contributed by atoms with van der Waals surface area (Å²) >= 11 is 5.97. The molecule has 0 aliphatic rings. The Morgan fingerprint density at radius 3 is 2.75 bits per heavy atom. The third-order valence-corrected chi connectivity index (χ3v) is 3.47. The van der Waals surface area contributed by atoms with Crippen LogP contribution in [0.2, 0.25) is 5.02 Å². The standard InChI is InChI=1S/C16H14ClN5O2/c1-10-15(16(23)19-12-6-7-14(24-2)18-9-12)21-22(20-10)13-5-3-4-11(17)8-13/h3-9H,1-2H3,(H,19,23). The molecule has 0 aliphatic carbocycles. The maximum atomic E-state index is 12.4. The molecule has 0 spiro atoms. The van der Waals surface area contributed by atoms with Gasteiger partial charge in [0.15, 0.2) is 5.69 Å². The number of nitrogens with zero attached hydrogens (tertiary/aromatic N) is 4. The molecule has 0 fully saturated rings. The second kappa shape index (κ2) is 6.67. The van der Waals surface area contributed by atoms with Gasteiger partial charge in [-0.15, -0.1) is 5.10 Å². The van der Waals surface area contributed by atoms with E-state index in [-0.39, 0.29) is 11.6 Å². The number of halogens is 1. The lowest BCUT2D eigenvalue weighted by molar-refractivity contribution is 0.102. The van der Waals surface area contributed by atoms with Crippen LogP contribution in [0.15, 0.2) is 42.6 Å². The van der Waals surface area contributed by atoms with Crippen LogP contribution < -0.4 is 10.1 Å². The van der Waals surface area contributed by atoms with E-state index in [0.29, 0.717) is 28.0 Å². The fraction of sp³-hybridized carbons (Fsp3) is 0.125. The fourth-order valence-corrected chi connectivity index (χ4v) is 2.25. The summed E-state index contributed by atoms with van der Waals surface area (Å²) in [7, 11) is 1.53. The number of rotatable bonds is 4. The molecule has 2 aromatic heterocycles. The summed E-state index contributed by atoms with van der Waals surface area (Å²) in [6, 6.07) is 10.4. The molecule has 3 aromatic rings. The van der Waals surface area contributed by atoms with E-state index < -0.39 is 0 Å². The van der Waals surface area contributed by atoms with E-state index in [0.717, 1.165) is 0 Å². The Hall–Kier alpha value is -2.93. The highest BCUT2D eigenvalue weighted by Gasteiger charge is 2.17. The molecular weight excluding hydrogens is 330 g/mol. The van der Waals surface area contributed by atoms with Crippen LogP contribution in [0.4, 0.5) is 5.69 Å². The van der Waals surface area contributed by atoms with Crippen molar-refractivity contribution in [1.29, 1.82) is 0 Å². The predicted octanol–water partition coefficient (Wildman–Crippen LogP) is 2.89. The zero-order chi connectivity index (χ0) is 17.1. The summed E-state index contributed by atoms with van der Waals surface area (Å²) < 4.78 is 4.98. The summed E-state index contributed by atoms with van der Waals surface area (Å²) in [5.74, 6) is 0.101. The molecule has 8 heteroatoms. The number of ether oxygens (including phenoxy) is 1. The van der Waals surface area contributed by atoms with Crippen molar-refractivity contribution in [2.75, 3.05) is 12.4 Å². The van der Waals surface area contributed by atoms with Crippen molar-refractivity contribution in [2.24, 2.45) is 0 Å². The minimum Gasteiger partial charge on any atom is -0.481 e. The second-order valence-electron chi connectivity index (χ2n) is 4.95. The van der Waals surface area contributed by atoms with Gasteiger partial charge in [-0.25, -0.2) is 4.98 Å². The normalized spacial score (nSPS) is 10.5. The Labute approximate surface area is 143 Å². The van der Waals surface area contributed by atoms with Crippen LogP contribution in [0.5, 0.6) is 5.88 Å². The van der Waals surface area contributed by atoms with E-state index in [9.17, 15) is 4.79 Å². The summed E-state index contributed by atoms with van der Waals surface area (Å²) in [5, 5.41) is 11.8. The Bertz CT molecular complexity index is 876. The first kappa shape index (κ1) is 15.9. The Kier molecular flexibility index (Phi) is 4.43. The van der Waals surface area contributed by atoms with Gasteiger partial charge in [-0.2, -0.15) is 9.90 Å². The lowest BCUT2D eigenvalue weighted by Crippen LogP contribution is -2.14. The molecule has 3 rings (SSSR count). The Morgan fingerprint density at radius 1 is 1.25 bits per heavy atom. The van der Waals surface area contributed by atoms with Crippen LogP contribution in [0, 0.1) is 6.92 Å². The molecule has 2 heterocycles. The lowest BCUT2D eigenvalue weighted by Gasteiger charge is -2.04. The highest BCUT2D eigenvalue weighted by molar-refractivity contribution is 6.30. The summed E-state index contributed by atoms with van der Waals surface area (Å²) in [6.45, 7) is 1.72. The molecule has 7 nitrogen and oxygen atoms in total. The van der Waals surface area contributed by atoms with Crippen molar-refractivity contribution in [3.8, 4) is 11.6 Å². The van der Waals surface area contributed by atoms with Crippen molar-refractivity contribution < 1.29 is 9.53 Å². The predicted molar refractivity (Wildman–Crippen MR) is 89.8 cm³/mol. The molecule has 0 bridgehead atoms. The number of methoxy groups -OCH3 is 1. The number of benzene rings is 1. The molecule has 0 aliphatic heterocycles. The van der Waals surface area contributed by atoms with Gasteiger partial charge in [-0.05, 0) is 31.2 Å². The smallest absolute Gasteiger partial charge is 0.278 e. The molecule has 0 atom stereocenters. The average molecular weight is 344 g/mol. The van der Waals surface area contributed by atoms with Crippen LogP contribution in [0.3, 0.4) is 0 Å². The van der Waals surface area contributed by atoms with Crippen LogP contribution in [0.1, 0.15) is 16.2 Å². The van der Waals surface area contributed by atoms with Crippen molar-refractivity contribution in [3.63, 3.8) is 0 Å². The number of anilines is 1. The van der Waals surface area contributed by atoms with Crippen LogP contribution in [-0.2, 0) is 0 Å². The first-order valence-corrected chi connectivity index (χ1v) is 7.46. The zero-order valence-electron chi connectivity index (χ0n) is 13.0. The molecule has 0 saturated carbocycles. The zero-order valence-corrected chi connectivity index (χ0v) is 13.8. The average Bonchev–Trinajstić information content (AvgIpc) is 2.97. The molecule has 0 unspecified atom stereocenters. The molecule has 1 N–H and O–H groups in total. The number of carbonyl (C=O) groups excluding carboxylic acids is 1. The Morgan fingerprint density at radius 2 is 2.08 bits per heavy atom. The van der Waals surface area contributed by atoms with E-state index in [1.165, 1.54) is 18.1 Å². The van der Waals surface area contributed by atoms with Gasteiger partial charge in [0.1, 0.15) is 0 Å². The monoisotopic (exact) mass is 343 g/mol. The van der Waals surface area contributed by atoms with Crippen molar-refractivity contribution in [3.05, 3.63) is 59.0 Å². The number of hydrogen-bond donors (Lipinski definition) is 1. The third kappa shape index (κ3) is 3.36. The van der Waals surface area contributed by atoms with Gasteiger partial charge in [0.25, 0.3) is 5.91 Å². The van der Waals surface area contributed by atoms with Gasteiger partial charge in [0.2, 0.25) is 5.88 Å². The first-order chi connectivity index (χ1) is 11.6. The lowest BCUT2D eigenvalue weighted by atomic mass is 10.3. The van der Waals surface area contributed by atoms with Gasteiger partial charge < -0.3 is 10.1 Å². The highest BCUT2D eigenvalue weighted by atomic mass is 35.5. The van der Waals surface area contributed by atoms with Gasteiger partial charge in [0, 0.05) is 11.1 Å². The molecule has 0 radical (unpaired) electrons. The quantitative estimate of drug-likeness (QED) is 0.787. The van der Waals surface area contributed by atoms with E-state index in [2.05, 4.69) is 20.5 Å². The SMILES string of the molecule is COc1ccc(NC(=O)c2nn(-c3cccc(Cl)c3)nc2C)cn1. The third-order valence-electron chi connectivity index (χ3n) is 3.24. The van der Waals surface area contributed by atoms with Gasteiger partial charge in [-0.1, -0.05) is 17.7 Å². The largest absolute Gasteiger partial charge is 0.481 e. The summed E-state index contributed by atoms with van der Waals surface area (Å²) in [5.41, 5.74) is 1.95. The second-order valence-corrected chi connectivity index (χ2v) is 5.38. The van der Waals surface area contributed by atoms with Crippen molar-refractivity contribution in [2.45, 2.75) is 6.92 Å².